The average molecular weight is 367 g/mol. The number of hydrogen-bond donors (Lipinski definition) is 0. The highest BCUT2D eigenvalue weighted by atomic mass is 19.4. The van der Waals surface area contributed by atoms with E-state index in [-0.39, 0.29) is 19.0 Å². The smallest absolute Gasteiger partial charge is 0.459 e. The fourth-order valence-corrected chi connectivity index (χ4v) is 3.44. The Balaban J connectivity index is 1.54. The number of ether oxygens (including phenoxy) is 1. The van der Waals surface area contributed by atoms with Gasteiger partial charge in [-0.3, -0.25) is 0 Å². The molecular formula is C19H24F3N3O. The molecule has 1 aliphatic rings. The van der Waals surface area contributed by atoms with Crippen molar-refractivity contribution in [3.63, 3.8) is 0 Å². The number of nitrogens with zero attached hydrogens (tertiary/aromatic N) is 3. The lowest BCUT2D eigenvalue weighted by molar-refractivity contribution is -0.250. The standard InChI is InChI=1S/C19H24F3N3O/c1-2-18-23-8-11-24(18)12-13-26-17-5-3-4-16(14-17)15-6-9-25(10-7-15)19(20,21)22/h3-5,8,11,14-15H,2,6-7,9-10,12-13H2,1H3. The maximum Gasteiger partial charge on any atom is 0.459 e. The molecule has 3 rings (SSSR count). The summed E-state index contributed by atoms with van der Waals surface area (Å²) in [4.78, 5) is 4.88. The highest BCUT2D eigenvalue weighted by molar-refractivity contribution is 5.31. The third-order valence-electron chi connectivity index (χ3n) is 4.90. The van der Waals surface area contributed by atoms with Crippen LogP contribution in [0.3, 0.4) is 0 Å². The summed E-state index contributed by atoms with van der Waals surface area (Å²) >= 11 is 0. The van der Waals surface area contributed by atoms with Crippen molar-refractivity contribution in [1.29, 1.82) is 0 Å². The highest BCUT2D eigenvalue weighted by Gasteiger charge is 2.39. The van der Waals surface area contributed by atoms with Gasteiger partial charge in [0.2, 0.25) is 0 Å². The molecular weight excluding hydrogens is 343 g/mol. The number of aromatic nitrogens is 2. The van der Waals surface area contributed by atoms with Crippen LogP contribution in [0.25, 0.3) is 0 Å². The van der Waals surface area contributed by atoms with Crippen molar-refractivity contribution in [3.05, 3.63) is 48.0 Å². The molecule has 0 radical (unpaired) electrons. The third-order valence-corrected chi connectivity index (χ3v) is 4.90. The number of rotatable bonds is 6. The fraction of sp³-hybridized carbons (Fsp3) is 0.526. The van der Waals surface area contributed by atoms with Gasteiger partial charge < -0.3 is 9.30 Å². The molecule has 1 fully saturated rings. The Bertz CT molecular complexity index is 706. The first kappa shape index (κ1) is 18.8. The van der Waals surface area contributed by atoms with E-state index in [0.717, 1.165) is 30.1 Å². The number of likely N-dealkylation sites (tertiary alicyclic amines) is 1. The van der Waals surface area contributed by atoms with Crippen LogP contribution in [0.1, 0.15) is 37.1 Å². The normalized spacial score (nSPS) is 16.8. The Hall–Kier alpha value is -2.02. The summed E-state index contributed by atoms with van der Waals surface area (Å²) in [7, 11) is 0. The SMILES string of the molecule is CCc1nccn1CCOc1cccc(C2CCN(C(F)(F)F)CC2)c1. The Morgan fingerprint density at radius 1 is 1.23 bits per heavy atom. The Labute approximate surface area is 151 Å². The van der Waals surface area contributed by atoms with Gasteiger partial charge in [-0.05, 0) is 36.5 Å². The van der Waals surface area contributed by atoms with E-state index in [1.807, 2.05) is 30.5 Å². The number of benzene rings is 1. The molecule has 0 aliphatic carbocycles. The van der Waals surface area contributed by atoms with E-state index in [4.69, 9.17) is 4.74 Å². The molecule has 142 valence electrons. The van der Waals surface area contributed by atoms with E-state index in [1.54, 1.807) is 6.20 Å². The minimum absolute atomic E-state index is 0.0552. The van der Waals surface area contributed by atoms with E-state index < -0.39 is 6.30 Å². The van der Waals surface area contributed by atoms with E-state index in [2.05, 4.69) is 16.5 Å². The van der Waals surface area contributed by atoms with Crippen LogP contribution in [-0.2, 0) is 13.0 Å². The molecule has 0 spiro atoms. The van der Waals surface area contributed by atoms with Crippen molar-refractivity contribution in [2.45, 2.75) is 44.9 Å². The molecule has 2 aromatic rings. The Morgan fingerprint density at radius 3 is 2.69 bits per heavy atom. The zero-order valence-corrected chi connectivity index (χ0v) is 14.9. The lowest BCUT2D eigenvalue weighted by atomic mass is 9.89. The molecule has 0 amide bonds. The number of halogens is 3. The van der Waals surface area contributed by atoms with Crippen molar-refractivity contribution in [2.24, 2.45) is 0 Å². The summed E-state index contributed by atoms with van der Waals surface area (Å²) in [5.74, 6) is 1.94. The molecule has 1 aliphatic heterocycles. The van der Waals surface area contributed by atoms with E-state index in [0.29, 0.717) is 24.3 Å². The molecule has 0 saturated carbocycles. The number of aryl methyl sites for hydroxylation is 1. The van der Waals surface area contributed by atoms with Crippen LogP contribution in [0.2, 0.25) is 0 Å². The maximum absolute atomic E-state index is 12.7. The first-order valence-electron chi connectivity index (χ1n) is 9.02. The molecule has 0 N–H and O–H groups in total. The van der Waals surface area contributed by atoms with Crippen LogP contribution >= 0.6 is 0 Å². The summed E-state index contributed by atoms with van der Waals surface area (Å²) in [6.45, 7) is 3.42. The summed E-state index contributed by atoms with van der Waals surface area (Å²) in [5, 5.41) is 0. The van der Waals surface area contributed by atoms with Gasteiger partial charge in [0.1, 0.15) is 18.2 Å². The Morgan fingerprint density at radius 2 is 2.00 bits per heavy atom. The summed E-state index contributed by atoms with van der Waals surface area (Å²) in [6, 6.07) is 7.74. The van der Waals surface area contributed by atoms with Crippen molar-refractivity contribution in [1.82, 2.24) is 14.5 Å². The highest BCUT2D eigenvalue weighted by Crippen LogP contribution is 2.34. The molecule has 1 aromatic heterocycles. The third kappa shape index (κ3) is 4.58. The lowest BCUT2D eigenvalue weighted by Crippen LogP contribution is -2.43. The van der Waals surface area contributed by atoms with Gasteiger partial charge in [0.05, 0.1) is 6.54 Å². The summed E-state index contributed by atoms with van der Waals surface area (Å²) in [5.41, 5.74) is 1.06. The van der Waals surface area contributed by atoms with Crippen LogP contribution in [0.4, 0.5) is 13.2 Å². The van der Waals surface area contributed by atoms with Gasteiger partial charge in [0.25, 0.3) is 0 Å². The van der Waals surface area contributed by atoms with Gasteiger partial charge in [-0.2, -0.15) is 13.2 Å². The van der Waals surface area contributed by atoms with Crippen molar-refractivity contribution < 1.29 is 17.9 Å². The van der Waals surface area contributed by atoms with Crippen LogP contribution in [0.15, 0.2) is 36.7 Å². The molecule has 4 nitrogen and oxygen atoms in total. The van der Waals surface area contributed by atoms with Crippen molar-refractivity contribution in [3.8, 4) is 5.75 Å². The molecule has 1 aromatic carbocycles. The molecule has 2 heterocycles. The van der Waals surface area contributed by atoms with Crippen LogP contribution in [0.5, 0.6) is 5.75 Å². The second-order valence-corrected chi connectivity index (χ2v) is 6.54. The molecule has 1 saturated heterocycles. The van der Waals surface area contributed by atoms with E-state index >= 15 is 0 Å². The minimum Gasteiger partial charge on any atom is -0.492 e. The zero-order chi connectivity index (χ0) is 18.6. The van der Waals surface area contributed by atoms with Crippen LogP contribution < -0.4 is 4.74 Å². The number of hydrogen-bond acceptors (Lipinski definition) is 3. The first-order valence-corrected chi connectivity index (χ1v) is 9.02. The first-order chi connectivity index (χ1) is 12.5. The quantitative estimate of drug-likeness (QED) is 0.716. The summed E-state index contributed by atoms with van der Waals surface area (Å²) in [6.07, 6.45) is 1.40. The van der Waals surface area contributed by atoms with Gasteiger partial charge in [0, 0.05) is 31.9 Å². The lowest BCUT2D eigenvalue weighted by Gasteiger charge is -2.33. The monoisotopic (exact) mass is 367 g/mol. The van der Waals surface area contributed by atoms with Crippen LogP contribution in [0, 0.1) is 0 Å². The van der Waals surface area contributed by atoms with Gasteiger partial charge in [-0.15, -0.1) is 0 Å². The second kappa shape index (κ2) is 8.12. The number of imidazole rings is 1. The molecule has 0 bridgehead atoms. The minimum atomic E-state index is -4.22. The van der Waals surface area contributed by atoms with E-state index in [9.17, 15) is 13.2 Å². The predicted molar refractivity (Wildman–Crippen MR) is 93.1 cm³/mol. The zero-order valence-electron chi connectivity index (χ0n) is 14.9. The van der Waals surface area contributed by atoms with Gasteiger partial charge >= 0.3 is 6.30 Å². The predicted octanol–water partition coefficient (Wildman–Crippen LogP) is 4.22. The van der Waals surface area contributed by atoms with Crippen molar-refractivity contribution in [2.75, 3.05) is 19.7 Å². The number of piperidine rings is 1. The van der Waals surface area contributed by atoms with Gasteiger partial charge in [-0.25, -0.2) is 9.88 Å². The molecule has 0 atom stereocenters. The molecule has 7 heteroatoms. The van der Waals surface area contributed by atoms with E-state index in [1.165, 1.54) is 0 Å². The van der Waals surface area contributed by atoms with Crippen LogP contribution in [-0.4, -0.2) is 40.4 Å². The number of alkyl halides is 3. The van der Waals surface area contributed by atoms with Gasteiger partial charge in [0.15, 0.2) is 0 Å². The van der Waals surface area contributed by atoms with Gasteiger partial charge in [-0.1, -0.05) is 19.1 Å². The largest absolute Gasteiger partial charge is 0.492 e. The Kier molecular flexibility index (Phi) is 5.86. The fourth-order valence-electron chi connectivity index (χ4n) is 3.44. The molecule has 26 heavy (non-hydrogen) atoms. The maximum atomic E-state index is 12.7. The summed E-state index contributed by atoms with van der Waals surface area (Å²) < 4.78 is 46.1. The second-order valence-electron chi connectivity index (χ2n) is 6.54. The topological polar surface area (TPSA) is 30.3 Å². The van der Waals surface area contributed by atoms with Crippen molar-refractivity contribution >= 4 is 0 Å². The molecule has 0 unspecified atom stereocenters. The average Bonchev–Trinajstić information content (AvgIpc) is 3.09.